The molecule has 1 unspecified atom stereocenters. The molecule has 0 aromatic heterocycles. The molecular formula is C18H17ClFN3O8. The van der Waals surface area contributed by atoms with Crippen molar-refractivity contribution in [3.05, 3.63) is 78.6 Å². The van der Waals surface area contributed by atoms with Crippen molar-refractivity contribution in [3.8, 4) is 0 Å². The largest absolute Gasteiger partial charge is 0.463 e. The number of esters is 1. The van der Waals surface area contributed by atoms with Gasteiger partial charge in [-0.15, -0.1) is 20.2 Å². The van der Waals surface area contributed by atoms with Crippen LogP contribution in [-0.2, 0) is 25.6 Å². The van der Waals surface area contributed by atoms with Crippen molar-refractivity contribution in [2.75, 3.05) is 18.5 Å². The summed E-state index contributed by atoms with van der Waals surface area (Å²) < 4.78 is 19.0. The summed E-state index contributed by atoms with van der Waals surface area (Å²) in [6.45, 7) is 0.330. The number of benzene rings is 2. The van der Waals surface area contributed by atoms with Crippen molar-refractivity contribution in [3.63, 3.8) is 0 Å². The average molecular weight is 458 g/mol. The number of aryl methyl sites for hydroxylation is 1. The van der Waals surface area contributed by atoms with E-state index in [9.17, 15) is 29.4 Å². The number of hydrogen-bond acceptors (Lipinski definition) is 9. The van der Waals surface area contributed by atoms with E-state index in [1.807, 2.05) is 0 Å². The molecule has 13 heteroatoms. The van der Waals surface area contributed by atoms with Crippen molar-refractivity contribution in [1.29, 1.82) is 0 Å². The van der Waals surface area contributed by atoms with Crippen LogP contribution in [-0.4, -0.2) is 35.5 Å². The van der Waals surface area contributed by atoms with E-state index in [4.69, 9.17) is 16.3 Å². The van der Waals surface area contributed by atoms with Gasteiger partial charge in [-0.1, -0.05) is 35.4 Å². The fourth-order valence-corrected chi connectivity index (χ4v) is 2.72. The van der Waals surface area contributed by atoms with Gasteiger partial charge in [0, 0.05) is 5.69 Å². The first kappa shape index (κ1) is 23.6. The number of anilines is 2. The second kappa shape index (κ2) is 10.9. The Hall–Kier alpha value is -3.67. The first-order valence-electron chi connectivity index (χ1n) is 8.70. The van der Waals surface area contributed by atoms with E-state index in [0.717, 1.165) is 5.56 Å². The van der Waals surface area contributed by atoms with Crippen LogP contribution in [0, 0.1) is 33.0 Å². The Labute approximate surface area is 179 Å². The molecule has 0 aliphatic carbocycles. The molecule has 2 rings (SSSR count). The van der Waals surface area contributed by atoms with Gasteiger partial charge in [0.15, 0.2) is 6.10 Å². The third-order valence-electron chi connectivity index (χ3n) is 3.85. The molecule has 2 aromatic carbocycles. The number of rotatable bonds is 11. The van der Waals surface area contributed by atoms with E-state index >= 15 is 0 Å². The third-order valence-corrected chi connectivity index (χ3v) is 4.16. The Balaban J connectivity index is 2.09. The normalized spacial score (nSPS) is 11.3. The van der Waals surface area contributed by atoms with Crippen molar-refractivity contribution < 1.29 is 33.8 Å². The molecule has 11 nitrogen and oxygen atoms in total. The van der Waals surface area contributed by atoms with Crippen LogP contribution in [0.1, 0.15) is 11.1 Å². The van der Waals surface area contributed by atoms with Gasteiger partial charge in [0.05, 0.1) is 17.1 Å². The van der Waals surface area contributed by atoms with E-state index < -0.39 is 41.3 Å². The predicted octanol–water partition coefficient (Wildman–Crippen LogP) is 3.40. The highest BCUT2D eigenvalue weighted by Gasteiger charge is 2.19. The van der Waals surface area contributed by atoms with Gasteiger partial charge in [-0.05, 0) is 30.7 Å². The number of carbonyl (C=O) groups is 1. The Kier molecular flexibility index (Phi) is 8.32. The van der Waals surface area contributed by atoms with Gasteiger partial charge in [0.1, 0.15) is 19.0 Å². The van der Waals surface area contributed by atoms with Crippen LogP contribution in [0.25, 0.3) is 0 Å². The quantitative estimate of drug-likeness (QED) is 0.305. The van der Waals surface area contributed by atoms with Crippen LogP contribution in [0.15, 0.2) is 36.4 Å². The van der Waals surface area contributed by atoms with Crippen LogP contribution in [0.3, 0.4) is 0 Å². The van der Waals surface area contributed by atoms with E-state index in [1.54, 1.807) is 25.1 Å². The Bertz CT molecular complexity index is 955. The number of carbonyl (C=O) groups excluding carboxylic acids is 1. The summed E-state index contributed by atoms with van der Waals surface area (Å²) in [4.78, 5) is 41.2. The molecule has 0 radical (unpaired) electrons. The smallest absolute Gasteiger partial charge is 0.310 e. The Morgan fingerprint density at radius 3 is 2.58 bits per heavy atom. The fraction of sp³-hybridized carbons (Fsp3) is 0.278. The summed E-state index contributed by atoms with van der Waals surface area (Å²) in [6, 6.07) is 9.20. The maximum Gasteiger partial charge on any atom is 0.310 e. The Morgan fingerprint density at radius 2 is 1.94 bits per heavy atom. The zero-order valence-corrected chi connectivity index (χ0v) is 16.8. The maximum absolute atomic E-state index is 14.1. The molecule has 166 valence electrons. The van der Waals surface area contributed by atoms with E-state index in [0.29, 0.717) is 11.3 Å². The molecule has 0 saturated heterocycles. The predicted molar refractivity (Wildman–Crippen MR) is 105 cm³/mol. The summed E-state index contributed by atoms with van der Waals surface area (Å²) in [7, 11) is 0. The monoisotopic (exact) mass is 457 g/mol. The summed E-state index contributed by atoms with van der Waals surface area (Å²) in [5.74, 6) is -1.39. The zero-order valence-electron chi connectivity index (χ0n) is 16.1. The van der Waals surface area contributed by atoms with Crippen LogP contribution in [0.5, 0.6) is 0 Å². The van der Waals surface area contributed by atoms with Crippen LogP contribution < -0.4 is 5.32 Å². The van der Waals surface area contributed by atoms with Crippen LogP contribution in [0.4, 0.5) is 15.8 Å². The number of para-hydroxylation sites is 1. The topological polar surface area (TPSA) is 143 Å². The molecule has 1 N–H and O–H groups in total. The SMILES string of the molecule is Cc1ccc(Nc2c(F)cccc2Cl)c(CC(=O)OCC(CO[N+](=O)[O-])O[N+](=O)[O-])c1. The molecule has 0 fully saturated rings. The summed E-state index contributed by atoms with van der Waals surface area (Å²) in [5, 5.41) is 21.4. The zero-order chi connectivity index (χ0) is 23.0. The molecule has 0 saturated carbocycles. The number of nitrogens with zero attached hydrogens (tertiary/aromatic N) is 2. The number of halogens is 2. The standard InChI is InChI=1S/C18H17ClFN3O8/c1-11-5-6-16(21-18-14(19)3-2-4-15(18)20)12(7-11)8-17(24)29-9-13(31-23(27)28)10-30-22(25)26/h2-7,13,21H,8-10H2,1H3. The lowest BCUT2D eigenvalue weighted by atomic mass is 10.1. The van der Waals surface area contributed by atoms with Gasteiger partial charge in [0.2, 0.25) is 0 Å². The third kappa shape index (κ3) is 7.59. The molecule has 0 aliphatic heterocycles. The molecule has 31 heavy (non-hydrogen) atoms. The molecular weight excluding hydrogens is 441 g/mol. The minimum atomic E-state index is -1.49. The minimum absolute atomic E-state index is 0.0269. The first-order valence-corrected chi connectivity index (χ1v) is 9.08. The molecule has 1 atom stereocenters. The number of ether oxygens (including phenoxy) is 1. The van der Waals surface area contributed by atoms with Gasteiger partial charge in [-0.3, -0.25) is 4.79 Å². The molecule has 0 aliphatic rings. The summed E-state index contributed by atoms with van der Waals surface area (Å²) in [5.41, 5.74) is 1.67. The second-order valence-electron chi connectivity index (χ2n) is 6.21. The minimum Gasteiger partial charge on any atom is -0.463 e. The van der Waals surface area contributed by atoms with Gasteiger partial charge in [0.25, 0.3) is 10.2 Å². The lowest BCUT2D eigenvalue weighted by Crippen LogP contribution is -2.30. The molecule has 0 heterocycles. The molecule has 0 spiro atoms. The highest BCUT2D eigenvalue weighted by atomic mass is 35.5. The van der Waals surface area contributed by atoms with Gasteiger partial charge in [-0.25, -0.2) is 4.39 Å². The van der Waals surface area contributed by atoms with Gasteiger partial charge >= 0.3 is 5.97 Å². The molecule has 2 aromatic rings. The summed E-state index contributed by atoms with van der Waals surface area (Å²) in [6.07, 6.45) is -1.77. The first-order chi connectivity index (χ1) is 14.7. The van der Waals surface area contributed by atoms with Crippen molar-refractivity contribution >= 4 is 28.9 Å². The number of hydrogen-bond donors (Lipinski definition) is 1. The van der Waals surface area contributed by atoms with E-state index in [-0.39, 0.29) is 17.1 Å². The molecule has 0 bridgehead atoms. The fourth-order valence-electron chi connectivity index (χ4n) is 2.51. The van der Waals surface area contributed by atoms with E-state index in [1.165, 1.54) is 18.2 Å². The average Bonchev–Trinajstić information content (AvgIpc) is 2.68. The van der Waals surface area contributed by atoms with Crippen molar-refractivity contribution in [1.82, 2.24) is 0 Å². The lowest BCUT2D eigenvalue weighted by Gasteiger charge is -2.16. The van der Waals surface area contributed by atoms with Crippen molar-refractivity contribution in [2.45, 2.75) is 19.4 Å². The molecule has 0 amide bonds. The van der Waals surface area contributed by atoms with Gasteiger partial charge in [-0.2, -0.15) is 0 Å². The van der Waals surface area contributed by atoms with Gasteiger partial charge < -0.3 is 19.7 Å². The van der Waals surface area contributed by atoms with E-state index in [2.05, 4.69) is 15.0 Å². The Morgan fingerprint density at radius 1 is 1.19 bits per heavy atom. The highest BCUT2D eigenvalue weighted by molar-refractivity contribution is 6.33. The highest BCUT2D eigenvalue weighted by Crippen LogP contribution is 2.30. The van der Waals surface area contributed by atoms with Crippen LogP contribution in [0.2, 0.25) is 5.02 Å². The summed E-state index contributed by atoms with van der Waals surface area (Å²) >= 11 is 6.02. The lowest BCUT2D eigenvalue weighted by molar-refractivity contribution is -0.790. The maximum atomic E-state index is 14.1. The van der Waals surface area contributed by atoms with Crippen molar-refractivity contribution in [2.24, 2.45) is 0 Å². The van der Waals surface area contributed by atoms with Crippen LogP contribution >= 0.6 is 11.6 Å². The number of nitrogens with one attached hydrogen (secondary N) is 1. The second-order valence-corrected chi connectivity index (χ2v) is 6.62.